The highest BCUT2D eigenvalue weighted by Gasteiger charge is 2.20. The number of fused-ring (bicyclic) bond motifs is 3. The van der Waals surface area contributed by atoms with Crippen LogP contribution < -0.4 is 10.3 Å². The van der Waals surface area contributed by atoms with Gasteiger partial charge in [-0.3, -0.25) is 14.3 Å². The molecule has 0 saturated heterocycles. The lowest BCUT2D eigenvalue weighted by atomic mass is 10.1. The monoisotopic (exact) mass is 474 g/mol. The van der Waals surface area contributed by atoms with Crippen LogP contribution in [0.1, 0.15) is 29.6 Å². The molecule has 5 aromatic rings. The quantitative estimate of drug-likeness (QED) is 0.334. The molecule has 0 amide bonds. The minimum Gasteiger partial charge on any atom is -0.435 e. The van der Waals surface area contributed by atoms with Gasteiger partial charge in [-0.2, -0.15) is 8.78 Å². The van der Waals surface area contributed by atoms with Crippen molar-refractivity contribution in [1.82, 2.24) is 19.1 Å². The van der Waals surface area contributed by atoms with Crippen molar-refractivity contribution in [3.05, 3.63) is 93.8 Å². The maximum atomic E-state index is 13.8. The first-order valence-corrected chi connectivity index (χ1v) is 11.4. The van der Waals surface area contributed by atoms with Crippen molar-refractivity contribution in [2.75, 3.05) is 0 Å². The van der Waals surface area contributed by atoms with E-state index in [1.807, 2.05) is 36.7 Å². The van der Waals surface area contributed by atoms with Crippen LogP contribution in [0, 0.1) is 6.92 Å². The van der Waals surface area contributed by atoms with E-state index in [-0.39, 0.29) is 11.3 Å². The first-order chi connectivity index (χ1) is 16.9. The van der Waals surface area contributed by atoms with Gasteiger partial charge in [0.25, 0.3) is 5.56 Å². The number of halogens is 2. The number of aryl methyl sites for hydroxylation is 3. The van der Waals surface area contributed by atoms with Crippen LogP contribution in [0.5, 0.6) is 5.75 Å². The van der Waals surface area contributed by atoms with Crippen molar-refractivity contribution < 1.29 is 13.5 Å². The molecular weight excluding hydrogens is 450 g/mol. The van der Waals surface area contributed by atoms with Crippen LogP contribution in [-0.2, 0) is 19.9 Å². The number of benzene rings is 2. The molecule has 0 fully saturated rings. The molecule has 178 valence electrons. The van der Waals surface area contributed by atoms with E-state index >= 15 is 0 Å². The lowest BCUT2D eigenvalue weighted by Crippen LogP contribution is -2.21. The van der Waals surface area contributed by atoms with Gasteiger partial charge in [0.2, 0.25) is 0 Å². The molecule has 0 N–H and O–H groups in total. The maximum Gasteiger partial charge on any atom is 0.387 e. The molecule has 0 atom stereocenters. The van der Waals surface area contributed by atoms with Gasteiger partial charge in [0.05, 0.1) is 22.4 Å². The van der Waals surface area contributed by atoms with E-state index in [1.165, 1.54) is 12.1 Å². The van der Waals surface area contributed by atoms with E-state index in [1.54, 1.807) is 22.9 Å². The Kier molecular flexibility index (Phi) is 5.80. The Balaban J connectivity index is 1.71. The van der Waals surface area contributed by atoms with Crippen LogP contribution in [0.25, 0.3) is 27.6 Å². The minimum absolute atomic E-state index is 0.0983. The molecule has 3 heterocycles. The van der Waals surface area contributed by atoms with Crippen LogP contribution in [0.2, 0.25) is 0 Å². The number of pyridine rings is 2. The van der Waals surface area contributed by atoms with Crippen molar-refractivity contribution in [1.29, 1.82) is 0 Å². The van der Waals surface area contributed by atoms with Crippen LogP contribution in [0.15, 0.2) is 65.6 Å². The van der Waals surface area contributed by atoms with Gasteiger partial charge in [-0.05, 0) is 54.8 Å². The van der Waals surface area contributed by atoms with Crippen LogP contribution in [-0.4, -0.2) is 25.7 Å². The van der Waals surface area contributed by atoms with Crippen LogP contribution >= 0.6 is 0 Å². The zero-order chi connectivity index (χ0) is 24.7. The first kappa shape index (κ1) is 22.7. The van der Waals surface area contributed by atoms with E-state index in [0.717, 1.165) is 45.3 Å². The Bertz CT molecular complexity index is 1600. The normalized spacial score (nSPS) is 11.6. The Hall–Kier alpha value is -4.07. The van der Waals surface area contributed by atoms with E-state index in [0.29, 0.717) is 17.8 Å². The Morgan fingerprint density at radius 3 is 2.49 bits per heavy atom. The molecular formula is C27H24F2N4O2. The summed E-state index contributed by atoms with van der Waals surface area (Å²) in [5.74, 6) is 0.794. The second-order valence-electron chi connectivity index (χ2n) is 8.44. The van der Waals surface area contributed by atoms with Crippen molar-refractivity contribution in [3.63, 3.8) is 0 Å². The topological polar surface area (TPSA) is 61.9 Å². The van der Waals surface area contributed by atoms with Gasteiger partial charge in [-0.1, -0.05) is 31.2 Å². The van der Waals surface area contributed by atoms with E-state index in [9.17, 15) is 13.6 Å². The third-order valence-corrected chi connectivity index (χ3v) is 6.29. The van der Waals surface area contributed by atoms with Gasteiger partial charge in [0.15, 0.2) is 5.52 Å². The summed E-state index contributed by atoms with van der Waals surface area (Å²) < 4.78 is 33.0. The van der Waals surface area contributed by atoms with E-state index in [2.05, 4.69) is 28.8 Å². The molecule has 3 aromatic heterocycles. The van der Waals surface area contributed by atoms with Crippen molar-refractivity contribution >= 4 is 21.9 Å². The molecule has 0 unspecified atom stereocenters. The summed E-state index contributed by atoms with van der Waals surface area (Å²) in [7, 11) is 1.89. The van der Waals surface area contributed by atoms with E-state index < -0.39 is 6.61 Å². The number of ether oxygens (including phenoxy) is 1. The molecule has 0 bridgehead atoms. The molecule has 6 nitrogen and oxygen atoms in total. The number of hydrogen-bond donors (Lipinski definition) is 0. The number of rotatable bonds is 6. The summed E-state index contributed by atoms with van der Waals surface area (Å²) in [6.45, 7) is 1.09. The highest BCUT2D eigenvalue weighted by Crippen LogP contribution is 2.28. The van der Waals surface area contributed by atoms with Gasteiger partial charge in [0.1, 0.15) is 11.6 Å². The Morgan fingerprint density at radius 1 is 1.06 bits per heavy atom. The summed E-state index contributed by atoms with van der Waals surface area (Å²) in [6, 6.07) is 16.3. The van der Waals surface area contributed by atoms with Gasteiger partial charge < -0.3 is 9.30 Å². The highest BCUT2D eigenvalue weighted by molar-refractivity contribution is 6.03. The molecule has 35 heavy (non-hydrogen) atoms. The SMILES string of the molecule is CCc1ccc2c3c(nc(Cc4ccc(OC(F)F)cc4)n3C)c(=O)n(-c3cccnc3C)c2c1. The lowest BCUT2D eigenvalue weighted by Gasteiger charge is -2.14. The van der Waals surface area contributed by atoms with Crippen molar-refractivity contribution in [2.24, 2.45) is 7.05 Å². The molecule has 2 aromatic carbocycles. The zero-order valence-electron chi connectivity index (χ0n) is 19.6. The summed E-state index contributed by atoms with van der Waals surface area (Å²) >= 11 is 0. The van der Waals surface area contributed by atoms with Gasteiger partial charge in [0, 0.05) is 25.1 Å². The summed E-state index contributed by atoms with van der Waals surface area (Å²) in [5, 5.41) is 0.919. The highest BCUT2D eigenvalue weighted by atomic mass is 19.3. The molecule has 5 rings (SSSR count). The zero-order valence-corrected chi connectivity index (χ0v) is 19.6. The number of hydrogen-bond acceptors (Lipinski definition) is 4. The van der Waals surface area contributed by atoms with Crippen molar-refractivity contribution in [2.45, 2.75) is 33.3 Å². The molecule has 0 saturated carbocycles. The summed E-state index contributed by atoms with van der Waals surface area (Å²) in [4.78, 5) is 23.0. The van der Waals surface area contributed by atoms with Gasteiger partial charge >= 0.3 is 6.61 Å². The molecule has 0 radical (unpaired) electrons. The number of aromatic nitrogens is 4. The third kappa shape index (κ3) is 4.05. The molecule has 0 aliphatic rings. The fourth-order valence-electron chi connectivity index (χ4n) is 4.48. The average Bonchev–Trinajstić information content (AvgIpc) is 3.17. The Morgan fingerprint density at radius 2 is 1.80 bits per heavy atom. The molecule has 0 aliphatic carbocycles. The largest absolute Gasteiger partial charge is 0.435 e. The molecule has 0 aliphatic heterocycles. The fourth-order valence-corrected chi connectivity index (χ4v) is 4.48. The van der Waals surface area contributed by atoms with Gasteiger partial charge in [-0.15, -0.1) is 0 Å². The lowest BCUT2D eigenvalue weighted by molar-refractivity contribution is -0.0498. The smallest absolute Gasteiger partial charge is 0.387 e. The minimum atomic E-state index is -2.87. The van der Waals surface area contributed by atoms with E-state index in [4.69, 9.17) is 4.98 Å². The predicted molar refractivity (Wildman–Crippen MR) is 132 cm³/mol. The van der Waals surface area contributed by atoms with Crippen molar-refractivity contribution in [3.8, 4) is 11.4 Å². The summed E-state index contributed by atoms with van der Waals surface area (Å²) in [5.41, 5.74) is 5.20. The number of nitrogens with zero attached hydrogens (tertiary/aromatic N) is 4. The standard InChI is InChI=1S/C27H24F2N4O2/c1-4-17-9-12-20-22(14-17)33(21-6-5-13-30-16(21)2)26(34)24-25(20)32(3)23(31-24)15-18-7-10-19(11-8-18)35-27(28)29/h5-14,27H,4,15H2,1-3H3. The number of imidazole rings is 1. The second kappa shape index (κ2) is 8.94. The predicted octanol–water partition coefficient (Wildman–Crippen LogP) is 5.34. The third-order valence-electron chi connectivity index (χ3n) is 6.29. The number of alkyl halides is 2. The maximum absolute atomic E-state index is 13.8. The fraction of sp³-hybridized carbons (Fsp3) is 0.222. The summed E-state index contributed by atoms with van der Waals surface area (Å²) in [6.07, 6.45) is 2.98. The van der Waals surface area contributed by atoms with Crippen LogP contribution in [0.3, 0.4) is 0 Å². The molecule has 0 spiro atoms. The molecule has 8 heteroatoms. The second-order valence-corrected chi connectivity index (χ2v) is 8.44. The van der Waals surface area contributed by atoms with Gasteiger partial charge in [-0.25, -0.2) is 4.98 Å². The Labute approximate surface area is 200 Å². The average molecular weight is 475 g/mol. The first-order valence-electron chi connectivity index (χ1n) is 11.4. The van der Waals surface area contributed by atoms with Crippen LogP contribution in [0.4, 0.5) is 8.78 Å².